The molecule has 0 atom stereocenters. The number of rotatable bonds is 6. The molecule has 0 aliphatic heterocycles. The molecule has 154 valence electrons. The molecule has 0 aliphatic carbocycles. The first-order valence-corrected chi connectivity index (χ1v) is 11.1. The molecule has 0 aliphatic rings. The predicted octanol–water partition coefficient (Wildman–Crippen LogP) is 5.93. The molecule has 0 bridgehead atoms. The number of hydrogen-bond donors (Lipinski definition) is 0. The summed E-state index contributed by atoms with van der Waals surface area (Å²) in [5.41, 5.74) is 3.39. The molecule has 0 saturated heterocycles. The molecule has 3 rings (SSSR count). The minimum absolute atomic E-state index is 0.140. The Hall–Kier alpha value is -2.89. The van der Waals surface area contributed by atoms with E-state index < -0.39 is 10.1 Å². The number of benzene rings is 3. The highest BCUT2D eigenvalue weighted by atomic mass is 35.5. The number of ketones is 1. The summed E-state index contributed by atoms with van der Waals surface area (Å²) >= 11 is 6.08. The highest BCUT2D eigenvalue weighted by Gasteiger charge is 2.22. The smallest absolute Gasteiger partial charge is 0.339 e. The average Bonchev–Trinajstić information content (AvgIpc) is 2.66. The van der Waals surface area contributed by atoms with E-state index in [1.807, 2.05) is 25.1 Å². The Morgan fingerprint density at radius 2 is 1.53 bits per heavy atom. The van der Waals surface area contributed by atoms with Gasteiger partial charge in [0, 0.05) is 10.6 Å². The lowest BCUT2D eigenvalue weighted by atomic mass is 10.1. The molecule has 0 N–H and O–H groups in total. The van der Waals surface area contributed by atoms with Gasteiger partial charge >= 0.3 is 10.1 Å². The van der Waals surface area contributed by atoms with Crippen molar-refractivity contribution >= 4 is 33.6 Å². The van der Waals surface area contributed by atoms with Gasteiger partial charge in [-0.05, 0) is 79.9 Å². The normalized spacial score (nSPS) is 11.6. The van der Waals surface area contributed by atoms with E-state index >= 15 is 0 Å². The number of aryl methyl sites for hydroxylation is 3. The second kappa shape index (κ2) is 8.86. The number of carbonyl (C=O) groups excluding carboxylic acids is 1. The van der Waals surface area contributed by atoms with Crippen LogP contribution in [-0.4, -0.2) is 14.2 Å². The average molecular weight is 441 g/mol. The van der Waals surface area contributed by atoms with Gasteiger partial charge in [-0.3, -0.25) is 4.79 Å². The van der Waals surface area contributed by atoms with E-state index in [0.717, 1.165) is 11.1 Å². The van der Waals surface area contributed by atoms with Gasteiger partial charge in [0.1, 0.15) is 10.6 Å². The van der Waals surface area contributed by atoms with Crippen molar-refractivity contribution in [3.63, 3.8) is 0 Å². The number of carbonyl (C=O) groups is 1. The van der Waals surface area contributed by atoms with Gasteiger partial charge in [-0.15, -0.1) is 0 Å². The van der Waals surface area contributed by atoms with Gasteiger partial charge in [0.2, 0.25) is 0 Å². The van der Waals surface area contributed by atoms with Crippen LogP contribution in [0.3, 0.4) is 0 Å². The molecule has 0 aromatic heterocycles. The molecular weight excluding hydrogens is 420 g/mol. The number of halogens is 1. The molecule has 0 amide bonds. The van der Waals surface area contributed by atoms with Crippen LogP contribution < -0.4 is 4.18 Å². The minimum atomic E-state index is -3.99. The third-order valence-corrected chi connectivity index (χ3v) is 6.42. The summed E-state index contributed by atoms with van der Waals surface area (Å²) in [5, 5.41) is 0.553. The first-order valence-electron chi connectivity index (χ1n) is 9.27. The summed E-state index contributed by atoms with van der Waals surface area (Å²) in [6, 6.07) is 16.8. The van der Waals surface area contributed by atoms with Crippen LogP contribution in [0.4, 0.5) is 0 Å². The summed E-state index contributed by atoms with van der Waals surface area (Å²) in [6.45, 7) is 5.39. The van der Waals surface area contributed by atoms with Crippen molar-refractivity contribution in [2.24, 2.45) is 0 Å². The van der Waals surface area contributed by atoms with Crippen molar-refractivity contribution in [3.8, 4) is 5.75 Å². The van der Waals surface area contributed by atoms with Crippen molar-refractivity contribution in [1.82, 2.24) is 0 Å². The predicted molar refractivity (Wildman–Crippen MR) is 120 cm³/mol. The zero-order valence-corrected chi connectivity index (χ0v) is 18.4. The van der Waals surface area contributed by atoms with E-state index in [2.05, 4.69) is 0 Å². The summed E-state index contributed by atoms with van der Waals surface area (Å²) in [6.07, 6.45) is 3.06. The zero-order chi connectivity index (χ0) is 21.9. The van der Waals surface area contributed by atoms with Crippen LogP contribution in [0.5, 0.6) is 5.75 Å². The Bertz CT molecular complexity index is 1200. The van der Waals surface area contributed by atoms with E-state index in [1.54, 1.807) is 38.1 Å². The summed E-state index contributed by atoms with van der Waals surface area (Å²) in [7, 11) is -3.99. The van der Waals surface area contributed by atoms with Crippen molar-refractivity contribution in [1.29, 1.82) is 0 Å². The van der Waals surface area contributed by atoms with Crippen LogP contribution in [-0.2, 0) is 10.1 Å². The molecule has 0 heterocycles. The van der Waals surface area contributed by atoms with E-state index in [0.29, 0.717) is 21.7 Å². The van der Waals surface area contributed by atoms with Crippen LogP contribution in [0.2, 0.25) is 5.02 Å². The fourth-order valence-corrected chi connectivity index (χ4v) is 4.83. The lowest BCUT2D eigenvalue weighted by Gasteiger charge is -2.13. The van der Waals surface area contributed by atoms with Crippen LogP contribution in [0.1, 0.15) is 32.6 Å². The van der Waals surface area contributed by atoms with Gasteiger partial charge in [-0.2, -0.15) is 8.42 Å². The standard InChI is InChI=1S/C24H21ClO4S/c1-16-14-17(2)24(18(3)15-16)30(27,28)29-21-11-8-20(9-12-21)23(26)13-10-19-6-4-5-7-22(19)25/h4-15H,1-3H3/b13-10+. The highest BCUT2D eigenvalue weighted by Crippen LogP contribution is 2.26. The lowest BCUT2D eigenvalue weighted by molar-refractivity contribution is 0.104. The fraction of sp³-hybridized carbons (Fsp3) is 0.125. The summed E-state index contributed by atoms with van der Waals surface area (Å²) in [5.74, 6) is -0.0874. The van der Waals surface area contributed by atoms with E-state index in [1.165, 1.54) is 30.3 Å². The molecule has 6 heteroatoms. The van der Waals surface area contributed by atoms with Gasteiger partial charge in [-0.25, -0.2) is 0 Å². The molecule has 0 fully saturated rings. The SMILES string of the molecule is Cc1cc(C)c(S(=O)(=O)Oc2ccc(C(=O)/C=C/c3ccccc3Cl)cc2)c(C)c1. The topological polar surface area (TPSA) is 60.4 Å². The van der Waals surface area contributed by atoms with Crippen LogP contribution in [0, 0.1) is 20.8 Å². The van der Waals surface area contributed by atoms with Crippen molar-refractivity contribution < 1.29 is 17.4 Å². The molecule has 0 unspecified atom stereocenters. The molecular formula is C24H21ClO4S. The van der Waals surface area contributed by atoms with Crippen LogP contribution >= 0.6 is 11.6 Å². The van der Waals surface area contributed by atoms with Crippen molar-refractivity contribution in [3.05, 3.63) is 99.6 Å². The second-order valence-electron chi connectivity index (χ2n) is 7.01. The highest BCUT2D eigenvalue weighted by molar-refractivity contribution is 7.87. The maximum atomic E-state index is 12.8. The molecule has 3 aromatic carbocycles. The molecule has 0 spiro atoms. The van der Waals surface area contributed by atoms with Crippen LogP contribution in [0.15, 0.2) is 71.6 Å². The van der Waals surface area contributed by atoms with Crippen LogP contribution in [0.25, 0.3) is 6.08 Å². The van der Waals surface area contributed by atoms with Gasteiger partial charge in [0.05, 0.1) is 0 Å². The maximum Gasteiger partial charge on any atom is 0.339 e. The largest absolute Gasteiger partial charge is 0.379 e. The lowest BCUT2D eigenvalue weighted by Crippen LogP contribution is -2.13. The Kier molecular flexibility index (Phi) is 6.44. The van der Waals surface area contributed by atoms with Crippen molar-refractivity contribution in [2.75, 3.05) is 0 Å². The molecule has 4 nitrogen and oxygen atoms in total. The molecule has 0 radical (unpaired) electrons. The second-order valence-corrected chi connectivity index (χ2v) is 8.90. The van der Waals surface area contributed by atoms with Gasteiger partial charge < -0.3 is 4.18 Å². The Morgan fingerprint density at radius 3 is 2.13 bits per heavy atom. The Morgan fingerprint density at radius 1 is 0.933 bits per heavy atom. The van der Waals surface area contributed by atoms with Gasteiger partial charge in [0.25, 0.3) is 0 Å². The third kappa shape index (κ3) is 4.99. The maximum absolute atomic E-state index is 12.8. The number of hydrogen-bond acceptors (Lipinski definition) is 4. The number of allylic oxidation sites excluding steroid dienone is 1. The molecule has 30 heavy (non-hydrogen) atoms. The Labute approximate surface area is 181 Å². The third-order valence-electron chi connectivity index (χ3n) is 4.52. The quantitative estimate of drug-likeness (QED) is 0.271. The first kappa shape index (κ1) is 21.8. The fourth-order valence-electron chi connectivity index (χ4n) is 3.28. The minimum Gasteiger partial charge on any atom is -0.379 e. The summed E-state index contributed by atoms with van der Waals surface area (Å²) < 4.78 is 30.8. The van der Waals surface area contributed by atoms with Gasteiger partial charge in [0.15, 0.2) is 5.78 Å². The molecule has 3 aromatic rings. The Balaban J connectivity index is 1.77. The van der Waals surface area contributed by atoms with E-state index in [4.69, 9.17) is 15.8 Å². The zero-order valence-electron chi connectivity index (χ0n) is 16.8. The monoisotopic (exact) mass is 440 g/mol. The van der Waals surface area contributed by atoms with Gasteiger partial charge in [-0.1, -0.05) is 47.5 Å². The summed E-state index contributed by atoms with van der Waals surface area (Å²) in [4.78, 5) is 12.5. The van der Waals surface area contributed by atoms with E-state index in [9.17, 15) is 13.2 Å². The van der Waals surface area contributed by atoms with E-state index in [-0.39, 0.29) is 16.4 Å². The molecule has 0 saturated carbocycles. The van der Waals surface area contributed by atoms with Crippen molar-refractivity contribution in [2.45, 2.75) is 25.7 Å². The first-order chi connectivity index (χ1) is 14.2.